The SMILES string of the molecule is C=C(C)C(=O)OCC(O)CNC.Cl. The largest absolute Gasteiger partial charge is 0.460 e. The maximum absolute atomic E-state index is 10.8. The second-order valence-corrected chi connectivity index (χ2v) is 2.59. The standard InChI is InChI=1S/C8H15NO3.ClH/c1-6(2)8(11)12-5-7(10)4-9-3;/h7,9-10H,1,4-5H2,2-3H3;1H. The average Bonchev–Trinajstić information content (AvgIpc) is 2.00. The van der Waals surface area contributed by atoms with Gasteiger partial charge in [0.15, 0.2) is 0 Å². The van der Waals surface area contributed by atoms with Crippen LogP contribution in [0.5, 0.6) is 0 Å². The minimum Gasteiger partial charge on any atom is -0.460 e. The summed E-state index contributed by atoms with van der Waals surface area (Å²) in [6, 6.07) is 0. The Labute approximate surface area is 84.4 Å². The minimum absolute atomic E-state index is 0. The summed E-state index contributed by atoms with van der Waals surface area (Å²) in [7, 11) is 1.71. The van der Waals surface area contributed by atoms with Crippen molar-refractivity contribution in [2.75, 3.05) is 20.2 Å². The van der Waals surface area contributed by atoms with Gasteiger partial charge >= 0.3 is 5.97 Å². The summed E-state index contributed by atoms with van der Waals surface area (Å²) in [6.45, 7) is 5.38. The molecule has 5 heteroatoms. The monoisotopic (exact) mass is 209 g/mol. The maximum Gasteiger partial charge on any atom is 0.333 e. The zero-order chi connectivity index (χ0) is 9.56. The molecule has 0 aliphatic carbocycles. The van der Waals surface area contributed by atoms with Crippen LogP contribution < -0.4 is 5.32 Å². The Bertz CT molecular complexity index is 173. The van der Waals surface area contributed by atoms with Crippen LogP contribution in [0.25, 0.3) is 0 Å². The molecule has 0 saturated heterocycles. The first-order chi connectivity index (χ1) is 5.57. The van der Waals surface area contributed by atoms with Gasteiger partial charge in [-0.2, -0.15) is 0 Å². The lowest BCUT2D eigenvalue weighted by Gasteiger charge is -2.09. The van der Waals surface area contributed by atoms with Gasteiger partial charge in [0.1, 0.15) is 12.7 Å². The van der Waals surface area contributed by atoms with Crippen molar-refractivity contribution >= 4 is 18.4 Å². The van der Waals surface area contributed by atoms with E-state index in [-0.39, 0.29) is 19.0 Å². The van der Waals surface area contributed by atoms with E-state index < -0.39 is 12.1 Å². The Kier molecular flexibility index (Phi) is 9.22. The molecule has 0 aliphatic rings. The van der Waals surface area contributed by atoms with Gasteiger partial charge in [-0.3, -0.25) is 0 Å². The van der Waals surface area contributed by atoms with Gasteiger partial charge in [-0.25, -0.2) is 4.79 Å². The number of halogens is 1. The van der Waals surface area contributed by atoms with Crippen LogP contribution in [0.2, 0.25) is 0 Å². The number of rotatable bonds is 5. The molecule has 4 nitrogen and oxygen atoms in total. The van der Waals surface area contributed by atoms with Gasteiger partial charge in [0, 0.05) is 12.1 Å². The molecule has 0 aromatic carbocycles. The second kappa shape index (κ2) is 8.04. The lowest BCUT2D eigenvalue weighted by atomic mass is 10.3. The Morgan fingerprint density at radius 2 is 2.23 bits per heavy atom. The Morgan fingerprint density at radius 1 is 1.69 bits per heavy atom. The van der Waals surface area contributed by atoms with Crippen LogP contribution in [0.4, 0.5) is 0 Å². The van der Waals surface area contributed by atoms with Crippen molar-refractivity contribution in [1.29, 1.82) is 0 Å². The molecular formula is C8H16ClNO3. The number of hydrogen-bond donors (Lipinski definition) is 2. The number of esters is 1. The summed E-state index contributed by atoms with van der Waals surface area (Å²) in [4.78, 5) is 10.8. The summed E-state index contributed by atoms with van der Waals surface area (Å²) in [5.41, 5.74) is 0.339. The van der Waals surface area contributed by atoms with Gasteiger partial charge < -0.3 is 15.2 Å². The normalized spacial score (nSPS) is 11.3. The van der Waals surface area contributed by atoms with Crippen molar-refractivity contribution in [3.8, 4) is 0 Å². The fourth-order valence-electron chi connectivity index (χ4n) is 0.590. The van der Waals surface area contributed by atoms with Crippen LogP contribution in [0.3, 0.4) is 0 Å². The number of nitrogens with one attached hydrogen (secondary N) is 1. The topological polar surface area (TPSA) is 58.6 Å². The third kappa shape index (κ3) is 7.77. The van der Waals surface area contributed by atoms with E-state index in [0.717, 1.165) is 0 Å². The number of carbonyl (C=O) groups is 1. The fraction of sp³-hybridized carbons (Fsp3) is 0.625. The summed E-state index contributed by atoms with van der Waals surface area (Å²) in [5, 5.41) is 11.9. The molecule has 0 saturated carbocycles. The molecule has 13 heavy (non-hydrogen) atoms. The third-order valence-corrected chi connectivity index (χ3v) is 1.20. The van der Waals surface area contributed by atoms with Gasteiger partial charge in [0.05, 0.1) is 0 Å². The van der Waals surface area contributed by atoms with E-state index in [1.165, 1.54) is 0 Å². The zero-order valence-electron chi connectivity index (χ0n) is 7.87. The van der Waals surface area contributed by atoms with Crippen molar-refractivity contribution in [3.05, 3.63) is 12.2 Å². The van der Waals surface area contributed by atoms with E-state index in [2.05, 4.69) is 16.6 Å². The zero-order valence-corrected chi connectivity index (χ0v) is 8.69. The van der Waals surface area contributed by atoms with Crippen LogP contribution >= 0.6 is 12.4 Å². The molecular weight excluding hydrogens is 194 g/mol. The van der Waals surface area contributed by atoms with Gasteiger partial charge in [-0.05, 0) is 14.0 Å². The Balaban J connectivity index is 0. The van der Waals surface area contributed by atoms with Crippen LogP contribution in [-0.2, 0) is 9.53 Å². The van der Waals surface area contributed by atoms with Gasteiger partial charge in [-0.15, -0.1) is 12.4 Å². The molecule has 1 atom stereocenters. The van der Waals surface area contributed by atoms with Gasteiger partial charge in [0.25, 0.3) is 0 Å². The molecule has 0 aromatic rings. The quantitative estimate of drug-likeness (QED) is 0.499. The predicted molar refractivity (Wildman–Crippen MR) is 53.0 cm³/mol. The molecule has 0 aromatic heterocycles. The molecule has 0 spiro atoms. The van der Waals surface area contributed by atoms with Crippen molar-refractivity contribution in [2.24, 2.45) is 0 Å². The van der Waals surface area contributed by atoms with E-state index in [9.17, 15) is 4.79 Å². The lowest BCUT2D eigenvalue weighted by Crippen LogP contribution is -2.29. The Morgan fingerprint density at radius 3 is 2.62 bits per heavy atom. The highest BCUT2D eigenvalue weighted by atomic mass is 35.5. The molecule has 0 radical (unpaired) electrons. The van der Waals surface area contributed by atoms with Crippen molar-refractivity contribution in [1.82, 2.24) is 5.32 Å². The molecule has 0 aliphatic heterocycles. The predicted octanol–water partition coefficient (Wildman–Crippen LogP) is 0.108. The second-order valence-electron chi connectivity index (χ2n) is 2.59. The smallest absolute Gasteiger partial charge is 0.333 e. The molecule has 2 N–H and O–H groups in total. The number of aliphatic hydroxyl groups excluding tert-OH is 1. The van der Waals surface area contributed by atoms with E-state index in [1.807, 2.05) is 0 Å². The number of carbonyl (C=O) groups excluding carboxylic acids is 1. The molecule has 0 amide bonds. The molecule has 0 heterocycles. The van der Waals surface area contributed by atoms with E-state index in [0.29, 0.717) is 12.1 Å². The van der Waals surface area contributed by atoms with Crippen LogP contribution in [0.1, 0.15) is 6.92 Å². The number of likely N-dealkylation sites (N-methyl/N-ethyl adjacent to an activating group) is 1. The number of hydrogen-bond acceptors (Lipinski definition) is 4. The summed E-state index contributed by atoms with van der Waals surface area (Å²) >= 11 is 0. The maximum atomic E-state index is 10.8. The first kappa shape index (κ1) is 14.9. The molecule has 1 unspecified atom stereocenters. The lowest BCUT2D eigenvalue weighted by molar-refractivity contribution is -0.141. The highest BCUT2D eigenvalue weighted by Crippen LogP contribution is 1.93. The van der Waals surface area contributed by atoms with Crippen LogP contribution in [0, 0.1) is 0 Å². The molecule has 0 fully saturated rings. The highest BCUT2D eigenvalue weighted by molar-refractivity contribution is 5.86. The van der Waals surface area contributed by atoms with Crippen molar-refractivity contribution < 1.29 is 14.6 Å². The molecule has 0 bridgehead atoms. The van der Waals surface area contributed by atoms with E-state index in [1.54, 1.807) is 14.0 Å². The first-order valence-electron chi connectivity index (χ1n) is 3.73. The summed E-state index contributed by atoms with van der Waals surface area (Å²) in [5.74, 6) is -0.467. The Hall–Kier alpha value is -0.580. The van der Waals surface area contributed by atoms with Crippen LogP contribution in [-0.4, -0.2) is 37.4 Å². The van der Waals surface area contributed by atoms with Crippen molar-refractivity contribution in [3.63, 3.8) is 0 Å². The van der Waals surface area contributed by atoms with Crippen LogP contribution in [0.15, 0.2) is 12.2 Å². The number of ether oxygens (including phenoxy) is 1. The van der Waals surface area contributed by atoms with Crippen molar-refractivity contribution in [2.45, 2.75) is 13.0 Å². The van der Waals surface area contributed by atoms with Gasteiger partial charge in [-0.1, -0.05) is 6.58 Å². The highest BCUT2D eigenvalue weighted by Gasteiger charge is 2.07. The fourth-order valence-corrected chi connectivity index (χ4v) is 0.590. The van der Waals surface area contributed by atoms with Gasteiger partial charge in [0.2, 0.25) is 0 Å². The molecule has 0 rings (SSSR count). The first-order valence-corrected chi connectivity index (χ1v) is 3.73. The van der Waals surface area contributed by atoms with E-state index >= 15 is 0 Å². The molecule has 78 valence electrons. The minimum atomic E-state index is -0.654. The summed E-state index contributed by atoms with van der Waals surface area (Å²) in [6.07, 6.45) is -0.654. The third-order valence-electron chi connectivity index (χ3n) is 1.20. The number of aliphatic hydroxyl groups is 1. The summed E-state index contributed by atoms with van der Waals surface area (Å²) < 4.78 is 4.69. The average molecular weight is 210 g/mol. The van der Waals surface area contributed by atoms with E-state index in [4.69, 9.17) is 5.11 Å².